The van der Waals surface area contributed by atoms with E-state index in [2.05, 4.69) is 69.4 Å². The molecule has 1 aliphatic heterocycles. The summed E-state index contributed by atoms with van der Waals surface area (Å²) in [5.74, 6) is -3.10. The summed E-state index contributed by atoms with van der Waals surface area (Å²) < 4.78 is 28.7. The van der Waals surface area contributed by atoms with E-state index in [1.165, 1.54) is 205 Å². The third kappa shape index (κ3) is 52.1. The number of hydrogen-bond donors (Lipinski definition) is 3. The summed E-state index contributed by atoms with van der Waals surface area (Å²) in [6.07, 6.45) is 66.3. The predicted octanol–water partition coefficient (Wildman–Crippen LogP) is 20.5. The van der Waals surface area contributed by atoms with Crippen LogP contribution in [0.25, 0.3) is 0 Å². The fraction of sp³-hybridized carbons (Fsp3) is 0.840. The minimum Gasteiger partial charge on any atom is -0.479 e. The second-order valence-corrected chi connectivity index (χ2v) is 25.2. The lowest BCUT2D eigenvalue weighted by Crippen LogP contribution is -2.61. The molecule has 12 nitrogen and oxygen atoms in total. The number of aliphatic hydroxyl groups is 2. The Labute approximate surface area is 533 Å². The summed E-state index contributed by atoms with van der Waals surface area (Å²) >= 11 is 0. The lowest BCUT2D eigenvalue weighted by Gasteiger charge is -2.40. The molecule has 0 aromatic heterocycles. The predicted molar refractivity (Wildman–Crippen MR) is 359 cm³/mol. The fourth-order valence-corrected chi connectivity index (χ4v) is 11.3. The van der Waals surface area contributed by atoms with E-state index < -0.39 is 67.3 Å². The van der Waals surface area contributed by atoms with Gasteiger partial charge in [0.2, 0.25) is 0 Å². The van der Waals surface area contributed by atoms with Gasteiger partial charge in [0, 0.05) is 19.3 Å². The first-order valence-electron chi connectivity index (χ1n) is 36.6. The molecule has 1 aliphatic rings. The molecule has 3 N–H and O–H groups in total. The molecule has 0 amide bonds. The Hall–Kier alpha value is -3.32. The molecule has 1 saturated heterocycles. The third-order valence-electron chi connectivity index (χ3n) is 16.9. The Bertz CT molecular complexity index is 1690. The maximum Gasteiger partial charge on any atom is 0.335 e. The van der Waals surface area contributed by atoms with Crippen LogP contribution in [0.3, 0.4) is 0 Å². The van der Waals surface area contributed by atoms with Crippen LogP contribution in [0.2, 0.25) is 0 Å². The minimum atomic E-state index is -1.91. The number of carboxylic acids is 1. The third-order valence-corrected chi connectivity index (χ3v) is 16.9. The molecule has 6 unspecified atom stereocenters. The summed E-state index contributed by atoms with van der Waals surface area (Å²) in [7, 11) is 0. The number of rotatable bonds is 64. The Balaban J connectivity index is 2.62. The smallest absolute Gasteiger partial charge is 0.335 e. The van der Waals surface area contributed by atoms with E-state index in [-0.39, 0.29) is 25.9 Å². The fourth-order valence-electron chi connectivity index (χ4n) is 11.3. The molecule has 12 heteroatoms. The normalized spacial score (nSPS) is 17.6. The van der Waals surface area contributed by atoms with Crippen molar-refractivity contribution < 1.29 is 58.2 Å². The lowest BCUT2D eigenvalue weighted by atomic mass is 9.98. The van der Waals surface area contributed by atoms with Crippen LogP contribution < -0.4 is 0 Å². The highest BCUT2D eigenvalue weighted by Crippen LogP contribution is 2.27. The van der Waals surface area contributed by atoms with Crippen molar-refractivity contribution in [3.63, 3.8) is 0 Å². The Morgan fingerprint density at radius 3 is 1.08 bits per heavy atom. The Morgan fingerprint density at radius 1 is 0.379 bits per heavy atom. The first kappa shape index (κ1) is 81.7. The number of allylic oxidation sites excluding steroid dienone is 8. The largest absolute Gasteiger partial charge is 0.479 e. The van der Waals surface area contributed by atoms with Crippen molar-refractivity contribution in [1.29, 1.82) is 0 Å². The number of carbonyl (C=O) groups excluding carboxylic acids is 3. The van der Waals surface area contributed by atoms with Gasteiger partial charge >= 0.3 is 23.9 Å². The van der Waals surface area contributed by atoms with Crippen LogP contribution in [0.5, 0.6) is 0 Å². The van der Waals surface area contributed by atoms with Crippen LogP contribution >= 0.6 is 0 Å². The zero-order valence-electron chi connectivity index (χ0n) is 56.3. The highest BCUT2D eigenvalue weighted by Gasteiger charge is 2.50. The van der Waals surface area contributed by atoms with Gasteiger partial charge in [-0.3, -0.25) is 14.4 Å². The lowest BCUT2D eigenvalue weighted by molar-refractivity contribution is -0.301. The first-order valence-corrected chi connectivity index (χ1v) is 36.6. The number of aliphatic hydroxyl groups excluding tert-OH is 2. The Morgan fingerprint density at radius 2 is 0.690 bits per heavy atom. The average Bonchev–Trinajstić information content (AvgIpc) is 2.60. The van der Waals surface area contributed by atoms with Gasteiger partial charge in [-0.25, -0.2) is 4.79 Å². The zero-order chi connectivity index (χ0) is 63.1. The van der Waals surface area contributed by atoms with Gasteiger partial charge < -0.3 is 39.0 Å². The van der Waals surface area contributed by atoms with Crippen LogP contribution in [-0.2, 0) is 42.9 Å². The van der Waals surface area contributed by atoms with Gasteiger partial charge in [-0.2, -0.15) is 0 Å². The molecule has 0 saturated carbocycles. The molecule has 1 heterocycles. The van der Waals surface area contributed by atoms with Gasteiger partial charge in [0.15, 0.2) is 24.6 Å². The molecule has 0 aliphatic carbocycles. The maximum absolute atomic E-state index is 13.3. The summed E-state index contributed by atoms with van der Waals surface area (Å²) in [5.41, 5.74) is 0. The van der Waals surface area contributed by atoms with Crippen molar-refractivity contribution >= 4 is 23.9 Å². The molecule has 0 aromatic carbocycles. The molecule has 506 valence electrons. The quantitative estimate of drug-likeness (QED) is 0.0228. The number of carboxylic acid groups (broad SMARTS) is 1. The molecular weight excluding hydrogens is 1090 g/mol. The summed E-state index contributed by atoms with van der Waals surface area (Å²) in [6.45, 7) is 6.04. The number of ether oxygens (including phenoxy) is 5. The molecule has 0 bridgehead atoms. The van der Waals surface area contributed by atoms with Crippen LogP contribution in [0.1, 0.15) is 355 Å². The molecule has 0 radical (unpaired) electrons. The van der Waals surface area contributed by atoms with Gasteiger partial charge in [-0.15, -0.1) is 0 Å². The van der Waals surface area contributed by atoms with E-state index in [0.717, 1.165) is 89.9 Å². The van der Waals surface area contributed by atoms with Gasteiger partial charge in [0.1, 0.15) is 18.8 Å². The van der Waals surface area contributed by atoms with Crippen LogP contribution in [0.15, 0.2) is 48.6 Å². The molecule has 1 rings (SSSR count). The maximum atomic E-state index is 13.3. The van der Waals surface area contributed by atoms with Gasteiger partial charge in [0.05, 0.1) is 6.61 Å². The SMILES string of the molecule is CCCCC/C=C\C/C=C\C/C=C\CCCCCCCCC(=O)OC1C(OCC(COC(=O)CCCCCCCCCCC/C=C\CCCCCCCC)OC(=O)CCCCCCCCCCCCCCCCCCCCC)OC(C(=O)O)C(O)C1O. The standard InChI is InChI=1S/C75H134O12/c1-4-7-10-13-16-19-22-25-28-31-34-37-40-43-46-49-52-55-58-61-67(76)83-64-66(85-68(77)62-59-56-53-50-47-44-41-38-35-32-29-26-23-20-17-14-11-8-5-2)65-84-75-73(71(80)70(79)72(87-75)74(81)82)86-69(78)63-60-57-54-51-48-45-42-39-36-33-30-27-24-21-18-15-12-9-6-3/h18,21,25,27-28,30,36,39,66,70-73,75,79-80H,4-17,19-20,22-24,26,29,31-35,37-38,40-65H2,1-3H3,(H,81,82)/b21-18-,28-25-,30-27-,39-36-. The van der Waals surface area contributed by atoms with Crippen molar-refractivity contribution in [3.8, 4) is 0 Å². The second-order valence-electron chi connectivity index (χ2n) is 25.2. The van der Waals surface area contributed by atoms with E-state index in [0.29, 0.717) is 19.3 Å². The van der Waals surface area contributed by atoms with E-state index in [9.17, 15) is 34.5 Å². The van der Waals surface area contributed by atoms with Crippen molar-refractivity contribution in [2.75, 3.05) is 13.2 Å². The molecule has 87 heavy (non-hydrogen) atoms. The van der Waals surface area contributed by atoms with E-state index in [1.54, 1.807) is 0 Å². The van der Waals surface area contributed by atoms with Crippen molar-refractivity contribution in [1.82, 2.24) is 0 Å². The van der Waals surface area contributed by atoms with Gasteiger partial charge in [0.25, 0.3) is 0 Å². The second kappa shape index (κ2) is 62.9. The van der Waals surface area contributed by atoms with E-state index >= 15 is 0 Å². The molecule has 6 atom stereocenters. The highest BCUT2D eigenvalue weighted by molar-refractivity contribution is 5.74. The van der Waals surface area contributed by atoms with E-state index in [4.69, 9.17) is 23.7 Å². The Kier molecular flexibility index (Phi) is 59.0. The monoisotopic (exact) mass is 1230 g/mol. The molecular formula is C75H134O12. The van der Waals surface area contributed by atoms with Crippen molar-refractivity contribution in [2.24, 2.45) is 0 Å². The number of unbranched alkanes of at least 4 members (excludes halogenated alkanes) is 42. The van der Waals surface area contributed by atoms with Crippen molar-refractivity contribution in [2.45, 2.75) is 391 Å². The summed E-state index contributed by atoms with van der Waals surface area (Å²) in [5, 5.41) is 31.7. The zero-order valence-corrected chi connectivity index (χ0v) is 56.3. The number of esters is 3. The molecule has 0 aromatic rings. The van der Waals surface area contributed by atoms with Crippen LogP contribution in [-0.4, -0.2) is 89.2 Å². The topological polar surface area (TPSA) is 175 Å². The number of hydrogen-bond acceptors (Lipinski definition) is 11. The van der Waals surface area contributed by atoms with Crippen molar-refractivity contribution in [3.05, 3.63) is 48.6 Å². The highest BCUT2D eigenvalue weighted by atomic mass is 16.7. The van der Waals surface area contributed by atoms with E-state index in [1.807, 2.05) is 0 Å². The first-order chi connectivity index (χ1) is 42.6. The number of carbonyl (C=O) groups is 4. The van der Waals surface area contributed by atoms with Crippen LogP contribution in [0.4, 0.5) is 0 Å². The van der Waals surface area contributed by atoms with Gasteiger partial charge in [-0.1, -0.05) is 301 Å². The summed E-state index contributed by atoms with van der Waals surface area (Å²) in [6, 6.07) is 0. The number of aliphatic carboxylic acids is 1. The summed E-state index contributed by atoms with van der Waals surface area (Å²) in [4.78, 5) is 51.6. The average molecular weight is 1230 g/mol. The van der Waals surface area contributed by atoms with Crippen LogP contribution in [0, 0.1) is 0 Å². The minimum absolute atomic E-state index is 0.0483. The van der Waals surface area contributed by atoms with Gasteiger partial charge in [-0.05, 0) is 83.5 Å². The molecule has 0 spiro atoms. The molecule has 1 fully saturated rings.